The Balaban J connectivity index is 2.52. The quantitative estimate of drug-likeness (QED) is 0.472. The smallest absolute Gasteiger partial charge is 0.200 e. The summed E-state index contributed by atoms with van der Waals surface area (Å²) in [4.78, 5) is 15.7. The van der Waals surface area contributed by atoms with Crippen LogP contribution < -0.4 is 0 Å². The molecule has 0 aliphatic heterocycles. The van der Waals surface area contributed by atoms with Gasteiger partial charge in [0.25, 0.3) is 0 Å². The zero-order valence-corrected chi connectivity index (χ0v) is 11.1. The first-order valence-corrected chi connectivity index (χ1v) is 5.97. The number of benzene rings is 1. The normalized spacial score (nSPS) is 10.4. The van der Waals surface area contributed by atoms with E-state index in [1.54, 1.807) is 0 Å². The molecule has 1 aromatic heterocycles. The summed E-state index contributed by atoms with van der Waals surface area (Å²) < 4.78 is 27.3. The Labute approximate surface area is 115 Å². The van der Waals surface area contributed by atoms with Gasteiger partial charge in [-0.15, -0.1) is 0 Å². The molecule has 2 nitrogen and oxygen atoms in total. The van der Waals surface area contributed by atoms with Gasteiger partial charge in [0.05, 0.1) is 10.0 Å². The van der Waals surface area contributed by atoms with Gasteiger partial charge in [-0.1, -0.05) is 11.6 Å². The molecule has 1 aromatic carbocycles. The van der Waals surface area contributed by atoms with Crippen LogP contribution in [-0.4, -0.2) is 10.8 Å². The van der Waals surface area contributed by atoms with E-state index < -0.39 is 23.0 Å². The number of ketones is 1. The van der Waals surface area contributed by atoms with E-state index in [4.69, 9.17) is 11.6 Å². The lowest BCUT2D eigenvalue weighted by molar-refractivity contribution is 0.103. The molecule has 0 saturated carbocycles. The highest BCUT2D eigenvalue weighted by atomic mass is 79.9. The van der Waals surface area contributed by atoms with E-state index in [2.05, 4.69) is 20.9 Å². The zero-order valence-electron chi connectivity index (χ0n) is 8.75. The molecule has 0 bridgehead atoms. The van der Waals surface area contributed by atoms with Crippen LogP contribution in [0.25, 0.3) is 0 Å². The average Bonchev–Trinajstić information content (AvgIpc) is 2.35. The lowest BCUT2D eigenvalue weighted by Gasteiger charge is -2.05. The Morgan fingerprint density at radius 1 is 1.22 bits per heavy atom. The molecule has 1 heterocycles. The first-order chi connectivity index (χ1) is 8.50. The van der Waals surface area contributed by atoms with Crippen molar-refractivity contribution < 1.29 is 13.6 Å². The maximum absolute atomic E-state index is 13.7. The fourth-order valence-electron chi connectivity index (χ4n) is 1.39. The van der Waals surface area contributed by atoms with E-state index in [-0.39, 0.29) is 15.2 Å². The summed E-state index contributed by atoms with van der Waals surface area (Å²) in [6.45, 7) is 0. The highest BCUT2D eigenvalue weighted by Gasteiger charge is 2.21. The molecule has 0 spiro atoms. The van der Waals surface area contributed by atoms with Crippen LogP contribution in [0, 0.1) is 11.6 Å². The number of rotatable bonds is 2. The van der Waals surface area contributed by atoms with E-state index in [1.165, 1.54) is 24.4 Å². The first kappa shape index (κ1) is 13.1. The van der Waals surface area contributed by atoms with Crippen molar-refractivity contribution in [3.8, 4) is 0 Å². The zero-order chi connectivity index (χ0) is 13.3. The van der Waals surface area contributed by atoms with Gasteiger partial charge in [0.1, 0.15) is 11.0 Å². The molecule has 0 unspecified atom stereocenters. The standard InChI is InChI=1S/C12H5BrClF2NO/c13-7-2-3-8(15)10(11(7)16)12(18)6-1-4-9(14)17-5-6/h1-5H. The van der Waals surface area contributed by atoms with Crippen molar-refractivity contribution in [2.75, 3.05) is 0 Å². The minimum atomic E-state index is -0.935. The number of carbonyl (C=O) groups is 1. The van der Waals surface area contributed by atoms with Crippen molar-refractivity contribution in [3.05, 3.63) is 62.8 Å². The number of nitrogens with zero attached hydrogens (tertiary/aromatic N) is 1. The Hall–Kier alpha value is -1.33. The van der Waals surface area contributed by atoms with E-state index >= 15 is 0 Å². The summed E-state index contributed by atoms with van der Waals surface area (Å²) >= 11 is 8.47. The molecule has 0 aliphatic carbocycles. The molecule has 0 saturated heterocycles. The molecule has 0 atom stereocenters. The molecule has 0 N–H and O–H groups in total. The van der Waals surface area contributed by atoms with Crippen LogP contribution in [0.1, 0.15) is 15.9 Å². The predicted octanol–water partition coefficient (Wildman–Crippen LogP) is 4.01. The third-order valence-electron chi connectivity index (χ3n) is 2.26. The summed E-state index contributed by atoms with van der Waals surface area (Å²) in [5, 5.41) is 0.196. The van der Waals surface area contributed by atoms with Gasteiger partial charge in [-0.3, -0.25) is 4.79 Å². The predicted molar refractivity (Wildman–Crippen MR) is 66.7 cm³/mol. The molecule has 0 radical (unpaired) electrons. The summed E-state index contributed by atoms with van der Waals surface area (Å²) in [6, 6.07) is 4.95. The number of pyridine rings is 1. The van der Waals surface area contributed by atoms with Crippen LogP contribution in [-0.2, 0) is 0 Å². The van der Waals surface area contributed by atoms with Crippen LogP contribution in [0.5, 0.6) is 0 Å². The van der Waals surface area contributed by atoms with Gasteiger partial charge >= 0.3 is 0 Å². The number of hydrogen-bond donors (Lipinski definition) is 0. The Kier molecular flexibility index (Phi) is 3.73. The molecule has 92 valence electrons. The second-order valence-corrected chi connectivity index (χ2v) is 4.66. The maximum atomic E-state index is 13.7. The van der Waals surface area contributed by atoms with Gasteiger partial charge in [-0.25, -0.2) is 13.8 Å². The van der Waals surface area contributed by atoms with E-state index in [1.807, 2.05) is 0 Å². The Bertz CT molecular complexity index is 616. The Morgan fingerprint density at radius 3 is 2.56 bits per heavy atom. The summed E-state index contributed by atoms with van der Waals surface area (Å²) in [6.07, 6.45) is 1.17. The molecule has 2 rings (SSSR count). The van der Waals surface area contributed by atoms with Crippen molar-refractivity contribution in [2.45, 2.75) is 0 Å². The lowest BCUT2D eigenvalue weighted by Crippen LogP contribution is -2.08. The maximum Gasteiger partial charge on any atom is 0.200 e. The van der Waals surface area contributed by atoms with Crippen molar-refractivity contribution in [3.63, 3.8) is 0 Å². The van der Waals surface area contributed by atoms with Gasteiger partial charge in [0, 0.05) is 11.8 Å². The van der Waals surface area contributed by atoms with Crippen molar-refractivity contribution in [1.82, 2.24) is 4.98 Å². The first-order valence-electron chi connectivity index (χ1n) is 4.80. The fraction of sp³-hybridized carbons (Fsp3) is 0. The van der Waals surface area contributed by atoms with E-state index in [0.717, 1.165) is 6.07 Å². The number of carbonyl (C=O) groups excluding carboxylic acids is 1. The Morgan fingerprint density at radius 2 is 1.94 bits per heavy atom. The summed E-state index contributed by atoms with van der Waals surface area (Å²) in [5.41, 5.74) is -0.552. The number of halogens is 4. The molecular formula is C12H5BrClF2NO. The molecule has 0 amide bonds. The monoisotopic (exact) mass is 331 g/mol. The molecule has 0 fully saturated rings. The van der Waals surface area contributed by atoms with Crippen molar-refractivity contribution in [2.24, 2.45) is 0 Å². The second kappa shape index (κ2) is 5.12. The van der Waals surface area contributed by atoms with E-state index in [0.29, 0.717) is 0 Å². The van der Waals surface area contributed by atoms with Crippen LogP contribution in [0.4, 0.5) is 8.78 Å². The van der Waals surface area contributed by atoms with Gasteiger partial charge in [-0.05, 0) is 40.2 Å². The average molecular weight is 333 g/mol. The largest absolute Gasteiger partial charge is 0.288 e. The van der Waals surface area contributed by atoms with Gasteiger partial charge in [0.15, 0.2) is 5.82 Å². The lowest BCUT2D eigenvalue weighted by atomic mass is 10.0. The summed E-state index contributed by atoms with van der Waals surface area (Å²) in [7, 11) is 0. The van der Waals surface area contributed by atoms with Crippen LogP contribution >= 0.6 is 27.5 Å². The van der Waals surface area contributed by atoms with Crippen LogP contribution in [0.3, 0.4) is 0 Å². The second-order valence-electron chi connectivity index (χ2n) is 3.42. The minimum Gasteiger partial charge on any atom is -0.288 e. The third kappa shape index (κ3) is 2.42. The van der Waals surface area contributed by atoms with Crippen LogP contribution in [0.15, 0.2) is 34.9 Å². The highest BCUT2D eigenvalue weighted by Crippen LogP contribution is 2.24. The van der Waals surface area contributed by atoms with Crippen molar-refractivity contribution >= 4 is 33.3 Å². The fourth-order valence-corrected chi connectivity index (χ4v) is 1.83. The molecule has 2 aromatic rings. The van der Waals surface area contributed by atoms with E-state index in [9.17, 15) is 13.6 Å². The topological polar surface area (TPSA) is 30.0 Å². The summed E-state index contributed by atoms with van der Waals surface area (Å²) in [5.74, 6) is -2.64. The molecule has 0 aliphatic rings. The van der Waals surface area contributed by atoms with Gasteiger partial charge < -0.3 is 0 Å². The number of aromatic nitrogens is 1. The van der Waals surface area contributed by atoms with Gasteiger partial charge in [-0.2, -0.15) is 0 Å². The number of hydrogen-bond acceptors (Lipinski definition) is 2. The van der Waals surface area contributed by atoms with Crippen LogP contribution in [0.2, 0.25) is 5.15 Å². The molecule has 18 heavy (non-hydrogen) atoms. The van der Waals surface area contributed by atoms with Crippen molar-refractivity contribution in [1.29, 1.82) is 0 Å². The minimum absolute atomic E-state index is 0.0224. The highest BCUT2D eigenvalue weighted by molar-refractivity contribution is 9.10. The SMILES string of the molecule is O=C(c1ccc(Cl)nc1)c1c(F)ccc(Br)c1F. The van der Waals surface area contributed by atoms with Gasteiger partial charge in [0.2, 0.25) is 5.78 Å². The molecule has 6 heteroatoms. The third-order valence-corrected chi connectivity index (χ3v) is 3.10. The molecular weight excluding hydrogens is 327 g/mol.